The smallest absolute Gasteiger partial charge is 0.221 e. The molecule has 1 heterocycles. The van der Waals surface area contributed by atoms with Crippen LogP contribution in [-0.2, 0) is 16.8 Å². The second kappa shape index (κ2) is 6.40. The third-order valence-corrected chi connectivity index (χ3v) is 3.32. The molecule has 0 aliphatic heterocycles. The maximum Gasteiger partial charge on any atom is 0.221 e. The third-order valence-electron chi connectivity index (χ3n) is 3.01. The minimum atomic E-state index is -0.133. The van der Waals surface area contributed by atoms with Crippen molar-refractivity contribution in [2.24, 2.45) is 0 Å². The Kier molecular flexibility index (Phi) is 4.76. The molecule has 0 fully saturated rings. The fraction of sp³-hybridized carbons (Fsp3) is 0.375. The molecule has 0 radical (unpaired) electrons. The molecule has 1 amide bonds. The highest BCUT2D eigenvalue weighted by molar-refractivity contribution is 6.33. The Morgan fingerprint density at radius 1 is 1.36 bits per heavy atom. The van der Waals surface area contributed by atoms with Gasteiger partial charge >= 0.3 is 0 Å². The van der Waals surface area contributed by atoms with Crippen LogP contribution in [0.15, 0.2) is 28.8 Å². The van der Waals surface area contributed by atoms with E-state index in [1.807, 2.05) is 0 Å². The molecule has 1 aromatic carbocycles. The first-order valence-electron chi connectivity index (χ1n) is 7.02. The van der Waals surface area contributed by atoms with Gasteiger partial charge in [-0.25, -0.2) is 4.98 Å². The van der Waals surface area contributed by atoms with E-state index >= 15 is 0 Å². The van der Waals surface area contributed by atoms with Crippen molar-refractivity contribution in [2.75, 3.05) is 10.6 Å². The summed E-state index contributed by atoms with van der Waals surface area (Å²) in [7, 11) is 0. The van der Waals surface area contributed by atoms with E-state index in [0.29, 0.717) is 23.1 Å². The zero-order valence-corrected chi connectivity index (χ0v) is 13.9. The fourth-order valence-corrected chi connectivity index (χ4v) is 2.10. The summed E-state index contributed by atoms with van der Waals surface area (Å²) in [6, 6.07) is 5.29. The first kappa shape index (κ1) is 16.4. The number of halogens is 1. The number of nitrogens with one attached hydrogen (secondary N) is 2. The lowest BCUT2D eigenvalue weighted by atomic mass is 9.94. The Morgan fingerprint density at radius 2 is 2.09 bits per heavy atom. The number of anilines is 2. The van der Waals surface area contributed by atoms with Crippen molar-refractivity contribution in [1.82, 2.24) is 4.98 Å². The molecule has 2 rings (SSSR count). The predicted octanol–water partition coefficient (Wildman–Crippen LogP) is 4.20. The van der Waals surface area contributed by atoms with E-state index in [4.69, 9.17) is 16.0 Å². The highest BCUT2D eigenvalue weighted by atomic mass is 35.5. The van der Waals surface area contributed by atoms with E-state index in [9.17, 15) is 4.79 Å². The molecular weight excluding hydrogens is 302 g/mol. The van der Waals surface area contributed by atoms with Crippen molar-refractivity contribution in [3.8, 4) is 0 Å². The quantitative estimate of drug-likeness (QED) is 0.885. The molecule has 6 heteroatoms. The van der Waals surface area contributed by atoms with E-state index < -0.39 is 0 Å². The van der Waals surface area contributed by atoms with Crippen molar-refractivity contribution in [2.45, 2.75) is 39.7 Å². The van der Waals surface area contributed by atoms with Crippen LogP contribution in [0, 0.1) is 0 Å². The van der Waals surface area contributed by atoms with Gasteiger partial charge in [-0.05, 0) is 18.2 Å². The molecule has 0 aliphatic carbocycles. The summed E-state index contributed by atoms with van der Waals surface area (Å²) < 4.78 is 5.71. The van der Waals surface area contributed by atoms with Crippen LogP contribution in [0.1, 0.15) is 39.3 Å². The first-order valence-corrected chi connectivity index (χ1v) is 7.39. The standard InChI is InChI=1S/C16H20ClN3O2/c1-10(21)20-11-5-6-13(12(17)7-11)18-9-15-19-8-14(22-15)16(2,3)4/h5-8,18H,9H2,1-4H3,(H,20,21). The topological polar surface area (TPSA) is 67.2 Å². The summed E-state index contributed by atoms with van der Waals surface area (Å²) in [6.45, 7) is 8.11. The molecule has 0 aliphatic rings. The normalized spacial score (nSPS) is 11.3. The molecule has 0 bridgehead atoms. The van der Waals surface area contributed by atoms with Crippen molar-refractivity contribution < 1.29 is 9.21 Å². The molecule has 2 aromatic rings. The minimum absolute atomic E-state index is 0.0666. The largest absolute Gasteiger partial charge is 0.443 e. The van der Waals surface area contributed by atoms with Crippen LogP contribution in [0.25, 0.3) is 0 Å². The van der Waals surface area contributed by atoms with Crippen LogP contribution in [-0.4, -0.2) is 10.9 Å². The lowest BCUT2D eigenvalue weighted by Crippen LogP contribution is -2.09. The van der Waals surface area contributed by atoms with E-state index in [-0.39, 0.29) is 11.3 Å². The van der Waals surface area contributed by atoms with Crippen LogP contribution < -0.4 is 10.6 Å². The highest BCUT2D eigenvalue weighted by Gasteiger charge is 2.19. The Hall–Kier alpha value is -2.01. The zero-order valence-electron chi connectivity index (χ0n) is 13.2. The molecule has 5 nitrogen and oxygen atoms in total. The number of benzene rings is 1. The van der Waals surface area contributed by atoms with Crippen LogP contribution in [0.4, 0.5) is 11.4 Å². The van der Waals surface area contributed by atoms with Crippen LogP contribution in [0.3, 0.4) is 0 Å². The Balaban J connectivity index is 2.02. The summed E-state index contributed by atoms with van der Waals surface area (Å²) in [5.74, 6) is 1.31. The lowest BCUT2D eigenvalue weighted by Gasteiger charge is -2.13. The van der Waals surface area contributed by atoms with Gasteiger partial charge < -0.3 is 15.1 Å². The predicted molar refractivity (Wildman–Crippen MR) is 88.3 cm³/mol. The van der Waals surface area contributed by atoms with Gasteiger partial charge in [0.2, 0.25) is 11.8 Å². The number of carbonyl (C=O) groups excluding carboxylic acids is 1. The van der Waals surface area contributed by atoms with Gasteiger partial charge in [-0.1, -0.05) is 32.4 Å². The fourth-order valence-electron chi connectivity index (χ4n) is 1.85. The molecular formula is C16H20ClN3O2. The summed E-state index contributed by atoms with van der Waals surface area (Å²) >= 11 is 6.19. The molecule has 0 unspecified atom stereocenters. The Bertz CT molecular complexity index is 674. The molecule has 0 saturated heterocycles. The number of hydrogen-bond donors (Lipinski definition) is 2. The van der Waals surface area contributed by atoms with E-state index in [2.05, 4.69) is 36.4 Å². The number of oxazole rings is 1. The summed E-state index contributed by atoms with van der Waals surface area (Å²) in [5.41, 5.74) is 1.35. The number of hydrogen-bond acceptors (Lipinski definition) is 4. The van der Waals surface area contributed by atoms with Crippen molar-refractivity contribution in [3.63, 3.8) is 0 Å². The van der Waals surface area contributed by atoms with Gasteiger partial charge in [0.1, 0.15) is 5.76 Å². The zero-order chi connectivity index (χ0) is 16.3. The van der Waals surface area contributed by atoms with Gasteiger partial charge in [-0.3, -0.25) is 4.79 Å². The minimum Gasteiger partial charge on any atom is -0.443 e. The molecule has 118 valence electrons. The van der Waals surface area contributed by atoms with Crippen molar-refractivity contribution in [3.05, 3.63) is 41.1 Å². The molecule has 1 aromatic heterocycles. The summed E-state index contributed by atoms with van der Waals surface area (Å²) in [4.78, 5) is 15.3. The number of nitrogens with zero attached hydrogens (tertiary/aromatic N) is 1. The second-order valence-corrected chi connectivity index (χ2v) is 6.50. The van der Waals surface area contributed by atoms with Crippen molar-refractivity contribution >= 4 is 28.9 Å². The monoisotopic (exact) mass is 321 g/mol. The number of aromatic nitrogens is 1. The highest BCUT2D eigenvalue weighted by Crippen LogP contribution is 2.27. The number of amides is 1. The molecule has 0 spiro atoms. The van der Waals surface area contributed by atoms with Crippen LogP contribution in [0.5, 0.6) is 0 Å². The average molecular weight is 322 g/mol. The number of carbonyl (C=O) groups is 1. The maximum absolute atomic E-state index is 11.0. The Labute approximate surface area is 135 Å². The van der Waals surface area contributed by atoms with Gasteiger partial charge in [-0.2, -0.15) is 0 Å². The third kappa shape index (κ3) is 4.24. The molecule has 0 saturated carbocycles. The van der Waals surface area contributed by atoms with Crippen LogP contribution in [0.2, 0.25) is 5.02 Å². The average Bonchev–Trinajstić information content (AvgIpc) is 2.85. The Morgan fingerprint density at radius 3 is 2.64 bits per heavy atom. The van der Waals surface area contributed by atoms with Gasteiger partial charge in [0.15, 0.2) is 0 Å². The molecule has 22 heavy (non-hydrogen) atoms. The van der Waals surface area contributed by atoms with Gasteiger partial charge in [-0.15, -0.1) is 0 Å². The van der Waals surface area contributed by atoms with Gasteiger partial charge in [0.05, 0.1) is 23.5 Å². The number of rotatable bonds is 4. The first-order chi connectivity index (χ1) is 10.3. The van der Waals surface area contributed by atoms with Crippen LogP contribution >= 0.6 is 11.6 Å². The molecule has 2 N–H and O–H groups in total. The lowest BCUT2D eigenvalue weighted by molar-refractivity contribution is -0.114. The van der Waals surface area contributed by atoms with E-state index in [1.165, 1.54) is 6.92 Å². The van der Waals surface area contributed by atoms with E-state index in [0.717, 1.165) is 11.4 Å². The molecule has 0 atom stereocenters. The van der Waals surface area contributed by atoms with Crippen molar-refractivity contribution in [1.29, 1.82) is 0 Å². The maximum atomic E-state index is 11.0. The van der Waals surface area contributed by atoms with Gasteiger partial charge in [0, 0.05) is 18.0 Å². The van der Waals surface area contributed by atoms with E-state index in [1.54, 1.807) is 24.4 Å². The summed E-state index contributed by atoms with van der Waals surface area (Å²) in [6.07, 6.45) is 1.75. The SMILES string of the molecule is CC(=O)Nc1ccc(NCc2ncc(C(C)(C)C)o2)c(Cl)c1. The van der Waals surface area contributed by atoms with Gasteiger partial charge in [0.25, 0.3) is 0 Å². The summed E-state index contributed by atoms with van der Waals surface area (Å²) in [5, 5.41) is 6.38. The second-order valence-electron chi connectivity index (χ2n) is 6.10.